The van der Waals surface area contributed by atoms with E-state index in [9.17, 15) is 18.0 Å². The van der Waals surface area contributed by atoms with Gasteiger partial charge in [-0.05, 0) is 62.2 Å². The molecule has 3 rings (SSSR count). The molecule has 1 unspecified atom stereocenters. The van der Waals surface area contributed by atoms with Gasteiger partial charge in [0.25, 0.3) is 10.0 Å². The summed E-state index contributed by atoms with van der Waals surface area (Å²) in [7, 11) is -4.11. The minimum absolute atomic E-state index is 0.00230. The van der Waals surface area contributed by atoms with Crippen molar-refractivity contribution in [1.82, 2.24) is 10.2 Å². The molecule has 1 atom stereocenters. The molecule has 10 heteroatoms. The number of para-hydroxylation sites is 1. The average Bonchev–Trinajstić information content (AvgIpc) is 2.89. The predicted molar refractivity (Wildman–Crippen MR) is 152 cm³/mol. The van der Waals surface area contributed by atoms with Gasteiger partial charge in [-0.1, -0.05) is 72.1 Å². The number of carbonyl (C=O) groups excluding carboxylic acids is 2. The largest absolute Gasteiger partial charge is 0.355 e. The molecule has 3 aromatic carbocycles. The van der Waals surface area contributed by atoms with E-state index in [1.54, 1.807) is 74.5 Å². The van der Waals surface area contributed by atoms with Gasteiger partial charge in [0.2, 0.25) is 11.8 Å². The molecule has 202 valence electrons. The minimum atomic E-state index is -4.11. The third kappa shape index (κ3) is 7.07. The van der Waals surface area contributed by atoms with Crippen LogP contribution in [0.25, 0.3) is 0 Å². The van der Waals surface area contributed by atoms with Crippen molar-refractivity contribution in [3.05, 3.63) is 94.0 Å². The number of nitrogens with one attached hydrogen (secondary N) is 1. The maximum Gasteiger partial charge on any atom is 0.264 e. The molecule has 0 spiro atoms. The van der Waals surface area contributed by atoms with Crippen molar-refractivity contribution in [3.8, 4) is 0 Å². The summed E-state index contributed by atoms with van der Waals surface area (Å²) in [6, 6.07) is 18.9. The fourth-order valence-corrected chi connectivity index (χ4v) is 5.89. The summed E-state index contributed by atoms with van der Waals surface area (Å²) in [5, 5.41) is 3.55. The van der Waals surface area contributed by atoms with E-state index in [0.717, 1.165) is 9.87 Å². The molecule has 38 heavy (non-hydrogen) atoms. The molecule has 0 heterocycles. The Balaban J connectivity index is 2.05. The van der Waals surface area contributed by atoms with E-state index in [2.05, 4.69) is 5.32 Å². The first-order valence-corrected chi connectivity index (χ1v) is 14.4. The van der Waals surface area contributed by atoms with Crippen molar-refractivity contribution >= 4 is 50.7 Å². The zero-order valence-electron chi connectivity index (χ0n) is 21.5. The normalized spacial score (nSPS) is 12.0. The third-order valence-electron chi connectivity index (χ3n) is 6.02. The highest BCUT2D eigenvalue weighted by atomic mass is 35.5. The van der Waals surface area contributed by atoms with Crippen molar-refractivity contribution in [2.45, 2.75) is 44.7 Å². The van der Waals surface area contributed by atoms with E-state index in [-0.39, 0.29) is 17.3 Å². The maximum absolute atomic E-state index is 13.9. The summed E-state index contributed by atoms with van der Waals surface area (Å²) in [6.07, 6.45) is 0.318. The number of anilines is 1. The van der Waals surface area contributed by atoms with Gasteiger partial charge < -0.3 is 10.2 Å². The molecule has 0 bridgehead atoms. The molecule has 0 aliphatic heterocycles. The van der Waals surface area contributed by atoms with Crippen LogP contribution in [-0.4, -0.2) is 44.3 Å². The summed E-state index contributed by atoms with van der Waals surface area (Å²) in [5.74, 6) is -0.880. The van der Waals surface area contributed by atoms with Gasteiger partial charge in [0.15, 0.2) is 0 Å². The van der Waals surface area contributed by atoms with E-state index < -0.39 is 28.5 Å². The van der Waals surface area contributed by atoms with E-state index >= 15 is 0 Å². The van der Waals surface area contributed by atoms with Crippen molar-refractivity contribution in [1.29, 1.82) is 0 Å². The molecule has 0 saturated heterocycles. The Bertz CT molecular complexity index is 1370. The lowest BCUT2D eigenvalue weighted by molar-refractivity contribution is -0.140. The average molecular weight is 577 g/mol. The number of amides is 2. The molecule has 3 aromatic rings. The van der Waals surface area contributed by atoms with Gasteiger partial charge in [-0.15, -0.1) is 0 Å². The third-order valence-corrected chi connectivity index (χ3v) is 8.40. The molecule has 2 amide bonds. The maximum atomic E-state index is 13.9. The Morgan fingerprint density at radius 2 is 1.61 bits per heavy atom. The van der Waals surface area contributed by atoms with Crippen LogP contribution in [0.2, 0.25) is 10.0 Å². The van der Waals surface area contributed by atoms with Crippen LogP contribution in [0.1, 0.15) is 31.4 Å². The Kier molecular flexibility index (Phi) is 10.2. The standard InChI is InChI=1S/C28H31Cl2N3O4S/c1-4-26(28(35)31-5-2)32(18-21-13-14-22(29)17-25(21)30)27(34)19-33(23-9-7-6-8-10-23)38(36,37)24-15-11-20(3)12-16-24/h6-17,26H,4-5,18-19H2,1-3H3,(H,31,35). The number of rotatable bonds is 11. The molecule has 0 aromatic heterocycles. The van der Waals surface area contributed by atoms with Gasteiger partial charge in [0, 0.05) is 23.1 Å². The number of nitrogens with zero attached hydrogens (tertiary/aromatic N) is 2. The van der Waals surface area contributed by atoms with E-state index in [4.69, 9.17) is 23.2 Å². The quantitative estimate of drug-likeness (QED) is 0.330. The molecule has 0 saturated carbocycles. The van der Waals surface area contributed by atoms with Crippen LogP contribution in [-0.2, 0) is 26.2 Å². The van der Waals surface area contributed by atoms with Crippen LogP contribution in [0.3, 0.4) is 0 Å². The Morgan fingerprint density at radius 3 is 2.18 bits per heavy atom. The number of sulfonamides is 1. The Hall–Kier alpha value is -3.07. The zero-order chi connectivity index (χ0) is 27.9. The first kappa shape index (κ1) is 29.5. The van der Waals surface area contributed by atoms with Gasteiger partial charge in [0.05, 0.1) is 10.6 Å². The Labute approximate surface area is 234 Å². The summed E-state index contributed by atoms with van der Waals surface area (Å²) < 4.78 is 28.6. The summed E-state index contributed by atoms with van der Waals surface area (Å²) in [6.45, 7) is 5.32. The first-order valence-electron chi connectivity index (χ1n) is 12.2. The monoisotopic (exact) mass is 575 g/mol. The molecule has 7 nitrogen and oxygen atoms in total. The van der Waals surface area contributed by atoms with Crippen molar-refractivity contribution in [2.24, 2.45) is 0 Å². The summed E-state index contributed by atoms with van der Waals surface area (Å²) in [4.78, 5) is 28.3. The van der Waals surface area contributed by atoms with E-state index in [1.807, 2.05) is 6.92 Å². The number of carbonyl (C=O) groups is 2. The van der Waals surface area contributed by atoms with Crippen LogP contribution in [0.4, 0.5) is 5.69 Å². The number of benzene rings is 3. The van der Waals surface area contributed by atoms with Gasteiger partial charge in [-0.25, -0.2) is 8.42 Å². The lowest BCUT2D eigenvalue weighted by atomic mass is 10.1. The van der Waals surface area contributed by atoms with Gasteiger partial charge in [0.1, 0.15) is 12.6 Å². The van der Waals surface area contributed by atoms with Gasteiger partial charge >= 0.3 is 0 Å². The second-order valence-electron chi connectivity index (χ2n) is 8.74. The van der Waals surface area contributed by atoms with Crippen LogP contribution in [0, 0.1) is 6.92 Å². The fraction of sp³-hybridized carbons (Fsp3) is 0.286. The number of aryl methyl sites for hydroxylation is 1. The van der Waals surface area contributed by atoms with Crippen molar-refractivity contribution < 1.29 is 18.0 Å². The molecule has 0 fully saturated rings. The molecular weight excluding hydrogens is 545 g/mol. The highest BCUT2D eigenvalue weighted by Gasteiger charge is 2.33. The first-order chi connectivity index (χ1) is 18.1. The molecule has 0 aliphatic rings. The predicted octanol–water partition coefficient (Wildman–Crippen LogP) is 5.44. The fourth-order valence-electron chi connectivity index (χ4n) is 4.01. The summed E-state index contributed by atoms with van der Waals surface area (Å²) in [5.41, 5.74) is 1.82. The molecular formula is C28H31Cl2N3O4S. The highest BCUT2D eigenvalue weighted by Crippen LogP contribution is 2.27. The molecule has 0 radical (unpaired) electrons. The van der Waals surface area contributed by atoms with E-state index in [1.165, 1.54) is 17.0 Å². The van der Waals surface area contributed by atoms with Gasteiger partial charge in [-0.3, -0.25) is 13.9 Å². The van der Waals surface area contributed by atoms with Crippen LogP contribution in [0.5, 0.6) is 0 Å². The van der Waals surface area contributed by atoms with Crippen molar-refractivity contribution in [3.63, 3.8) is 0 Å². The number of hydrogen-bond acceptors (Lipinski definition) is 4. The van der Waals surface area contributed by atoms with Crippen LogP contribution < -0.4 is 9.62 Å². The Morgan fingerprint density at radius 1 is 0.947 bits per heavy atom. The lowest BCUT2D eigenvalue weighted by Gasteiger charge is -2.33. The smallest absolute Gasteiger partial charge is 0.264 e. The minimum Gasteiger partial charge on any atom is -0.355 e. The SMILES string of the molecule is CCNC(=O)C(CC)N(Cc1ccc(Cl)cc1Cl)C(=O)CN(c1ccccc1)S(=O)(=O)c1ccc(C)cc1. The highest BCUT2D eigenvalue weighted by molar-refractivity contribution is 7.92. The lowest BCUT2D eigenvalue weighted by Crippen LogP contribution is -2.52. The summed E-state index contributed by atoms with van der Waals surface area (Å²) >= 11 is 12.5. The van der Waals surface area contributed by atoms with E-state index in [0.29, 0.717) is 34.3 Å². The zero-order valence-corrected chi connectivity index (χ0v) is 23.9. The number of likely N-dealkylation sites (N-methyl/N-ethyl adjacent to an activating group) is 1. The second kappa shape index (κ2) is 13.1. The molecule has 0 aliphatic carbocycles. The van der Waals surface area contributed by atoms with Crippen molar-refractivity contribution in [2.75, 3.05) is 17.4 Å². The number of halogens is 2. The second-order valence-corrected chi connectivity index (χ2v) is 11.4. The molecule has 1 N–H and O–H groups in total. The number of hydrogen-bond donors (Lipinski definition) is 1. The van der Waals surface area contributed by atoms with Crippen LogP contribution >= 0.6 is 23.2 Å². The van der Waals surface area contributed by atoms with Crippen LogP contribution in [0.15, 0.2) is 77.7 Å². The van der Waals surface area contributed by atoms with Gasteiger partial charge in [-0.2, -0.15) is 0 Å². The topological polar surface area (TPSA) is 86.8 Å².